The lowest BCUT2D eigenvalue weighted by Gasteiger charge is -2.23. The molecule has 0 amide bonds. The number of nitrogens with zero attached hydrogens (tertiary/aromatic N) is 3. The topological polar surface area (TPSA) is 86.4 Å². The SMILES string of the molecule is CC(C)(Oc1c(Cl)cc(Cn2ncn(-c3ccc(C(F)(F)F)cc3)c2=O)cc1Cl)C(=O)O. The van der Waals surface area contributed by atoms with E-state index in [1.54, 1.807) is 0 Å². The van der Waals surface area contributed by atoms with E-state index in [4.69, 9.17) is 27.9 Å². The van der Waals surface area contributed by atoms with E-state index in [0.29, 0.717) is 5.56 Å². The number of carboxylic acids is 1. The van der Waals surface area contributed by atoms with Crippen molar-refractivity contribution in [2.45, 2.75) is 32.2 Å². The standard InChI is InChI=1S/C20H16Cl2F3N3O4/c1-19(2,17(29)30)32-16-14(21)7-11(8-15(16)22)9-28-18(31)27(10-26-28)13-5-3-12(4-6-13)20(23,24)25/h3-8,10H,9H2,1-2H3,(H,29,30). The number of ether oxygens (including phenoxy) is 1. The Kier molecular flexibility index (Phi) is 6.30. The number of benzene rings is 2. The van der Waals surface area contributed by atoms with Crippen LogP contribution >= 0.6 is 23.2 Å². The lowest BCUT2D eigenvalue weighted by molar-refractivity contribution is -0.152. The minimum atomic E-state index is -4.48. The van der Waals surface area contributed by atoms with Crippen LogP contribution in [0.1, 0.15) is 25.0 Å². The van der Waals surface area contributed by atoms with Crippen LogP contribution in [0.4, 0.5) is 13.2 Å². The molecule has 0 saturated heterocycles. The van der Waals surface area contributed by atoms with Crippen molar-refractivity contribution in [3.05, 3.63) is 74.4 Å². The molecule has 32 heavy (non-hydrogen) atoms. The minimum absolute atomic E-state index is 0.0212. The van der Waals surface area contributed by atoms with Gasteiger partial charge in [0.25, 0.3) is 0 Å². The molecule has 2 aromatic carbocycles. The van der Waals surface area contributed by atoms with Crippen molar-refractivity contribution in [2.75, 3.05) is 0 Å². The average molecular weight is 490 g/mol. The van der Waals surface area contributed by atoms with Crippen LogP contribution in [0.2, 0.25) is 10.0 Å². The van der Waals surface area contributed by atoms with E-state index >= 15 is 0 Å². The second-order valence-electron chi connectivity index (χ2n) is 7.29. The van der Waals surface area contributed by atoms with E-state index in [0.717, 1.165) is 21.4 Å². The molecule has 0 radical (unpaired) electrons. The zero-order valence-electron chi connectivity index (χ0n) is 16.7. The summed E-state index contributed by atoms with van der Waals surface area (Å²) in [4.78, 5) is 23.9. The fraction of sp³-hybridized carbons (Fsp3) is 0.250. The van der Waals surface area contributed by atoms with Gasteiger partial charge in [-0.25, -0.2) is 18.8 Å². The number of aliphatic carboxylic acids is 1. The lowest BCUT2D eigenvalue weighted by Crippen LogP contribution is -2.38. The summed E-state index contributed by atoms with van der Waals surface area (Å²) in [6, 6.07) is 6.97. The van der Waals surface area contributed by atoms with Crippen molar-refractivity contribution in [2.24, 2.45) is 0 Å². The summed E-state index contributed by atoms with van der Waals surface area (Å²) in [6.45, 7) is 2.63. The van der Waals surface area contributed by atoms with Crippen molar-refractivity contribution in [1.82, 2.24) is 14.3 Å². The third-order valence-corrected chi connectivity index (χ3v) is 5.03. The van der Waals surface area contributed by atoms with Gasteiger partial charge in [0.2, 0.25) is 0 Å². The summed E-state index contributed by atoms with van der Waals surface area (Å²) in [5, 5.41) is 13.3. The Balaban J connectivity index is 1.85. The van der Waals surface area contributed by atoms with Gasteiger partial charge < -0.3 is 9.84 Å². The van der Waals surface area contributed by atoms with Gasteiger partial charge in [-0.1, -0.05) is 23.2 Å². The molecule has 0 bridgehead atoms. The summed E-state index contributed by atoms with van der Waals surface area (Å²) in [6.07, 6.45) is -3.30. The molecule has 1 N–H and O–H groups in total. The molecule has 0 atom stereocenters. The largest absolute Gasteiger partial charge is 0.478 e. The van der Waals surface area contributed by atoms with Crippen LogP contribution in [0.25, 0.3) is 5.69 Å². The number of hydrogen-bond donors (Lipinski definition) is 1. The first kappa shape index (κ1) is 23.7. The van der Waals surface area contributed by atoms with Crippen molar-refractivity contribution in [3.63, 3.8) is 0 Å². The van der Waals surface area contributed by atoms with E-state index in [1.165, 1.54) is 44.4 Å². The highest BCUT2D eigenvalue weighted by atomic mass is 35.5. The maximum atomic E-state index is 12.7. The summed E-state index contributed by atoms with van der Waals surface area (Å²) in [5.74, 6) is -1.24. The van der Waals surface area contributed by atoms with Gasteiger partial charge in [0, 0.05) is 0 Å². The van der Waals surface area contributed by atoms with Gasteiger partial charge in [-0.05, 0) is 55.8 Å². The lowest BCUT2D eigenvalue weighted by atomic mass is 10.1. The van der Waals surface area contributed by atoms with Crippen LogP contribution < -0.4 is 10.4 Å². The minimum Gasteiger partial charge on any atom is -0.478 e. The van der Waals surface area contributed by atoms with Crippen LogP contribution in [0.15, 0.2) is 47.5 Å². The first-order valence-electron chi connectivity index (χ1n) is 9.02. The number of hydrogen-bond acceptors (Lipinski definition) is 4. The van der Waals surface area contributed by atoms with Crippen molar-refractivity contribution in [3.8, 4) is 11.4 Å². The van der Waals surface area contributed by atoms with Gasteiger partial charge in [-0.2, -0.15) is 18.3 Å². The van der Waals surface area contributed by atoms with Crippen molar-refractivity contribution >= 4 is 29.2 Å². The highest BCUT2D eigenvalue weighted by molar-refractivity contribution is 6.37. The quantitative estimate of drug-likeness (QED) is 0.544. The van der Waals surface area contributed by atoms with Gasteiger partial charge in [-0.15, -0.1) is 0 Å². The fourth-order valence-corrected chi connectivity index (χ4v) is 3.32. The second kappa shape index (κ2) is 8.51. The first-order valence-corrected chi connectivity index (χ1v) is 9.77. The van der Waals surface area contributed by atoms with Gasteiger partial charge in [-0.3, -0.25) is 0 Å². The molecule has 0 spiro atoms. The Labute approximate surface area is 189 Å². The van der Waals surface area contributed by atoms with Gasteiger partial charge >= 0.3 is 17.8 Å². The molecule has 0 fully saturated rings. The Morgan fingerprint density at radius 1 is 1.12 bits per heavy atom. The molecule has 3 rings (SSSR count). The number of carboxylic acid groups (broad SMARTS) is 1. The van der Waals surface area contributed by atoms with E-state index in [9.17, 15) is 27.9 Å². The number of aromatic nitrogens is 3. The molecule has 0 aliphatic heterocycles. The monoisotopic (exact) mass is 489 g/mol. The molecule has 3 aromatic rings. The third kappa shape index (κ3) is 4.91. The number of halogens is 5. The summed E-state index contributed by atoms with van der Waals surface area (Å²) in [5.41, 5.74) is -2.32. The highest BCUT2D eigenvalue weighted by Gasteiger charge is 2.31. The molecule has 12 heteroatoms. The molecular weight excluding hydrogens is 474 g/mol. The van der Waals surface area contributed by atoms with E-state index in [2.05, 4.69) is 5.10 Å². The molecule has 1 aromatic heterocycles. The zero-order chi connectivity index (χ0) is 23.8. The summed E-state index contributed by atoms with van der Waals surface area (Å²) in [7, 11) is 0. The van der Waals surface area contributed by atoms with Gasteiger partial charge in [0.05, 0.1) is 27.8 Å². The predicted octanol–water partition coefficient (Wildman–Crippen LogP) is 4.65. The Bertz CT molecular complexity index is 1200. The smallest absolute Gasteiger partial charge is 0.416 e. The Morgan fingerprint density at radius 2 is 1.69 bits per heavy atom. The maximum absolute atomic E-state index is 12.7. The van der Waals surface area contributed by atoms with Crippen LogP contribution in [-0.4, -0.2) is 31.0 Å². The van der Waals surface area contributed by atoms with Crippen LogP contribution in [0, 0.1) is 0 Å². The second-order valence-corrected chi connectivity index (χ2v) is 8.11. The zero-order valence-corrected chi connectivity index (χ0v) is 18.2. The molecule has 0 aliphatic rings. The fourth-order valence-electron chi connectivity index (χ4n) is 2.71. The Hall–Kier alpha value is -2.98. The van der Waals surface area contributed by atoms with Crippen LogP contribution in [0.3, 0.4) is 0 Å². The summed E-state index contributed by atoms with van der Waals surface area (Å²) < 4.78 is 45.8. The average Bonchev–Trinajstić information content (AvgIpc) is 3.04. The number of carbonyl (C=O) groups is 1. The highest BCUT2D eigenvalue weighted by Crippen LogP contribution is 2.37. The van der Waals surface area contributed by atoms with E-state index in [-0.39, 0.29) is 28.0 Å². The maximum Gasteiger partial charge on any atom is 0.416 e. The normalized spacial score (nSPS) is 12.1. The molecular formula is C20H16Cl2F3N3O4. The Morgan fingerprint density at radius 3 is 2.19 bits per heavy atom. The molecule has 170 valence electrons. The summed E-state index contributed by atoms with van der Waals surface area (Å²) >= 11 is 12.4. The van der Waals surface area contributed by atoms with Gasteiger partial charge in [0.1, 0.15) is 6.33 Å². The molecule has 0 saturated carbocycles. The van der Waals surface area contributed by atoms with Gasteiger partial charge in [0.15, 0.2) is 11.4 Å². The van der Waals surface area contributed by atoms with Crippen molar-refractivity contribution < 1.29 is 27.8 Å². The number of rotatable bonds is 6. The number of alkyl halides is 3. The first-order chi connectivity index (χ1) is 14.8. The molecule has 0 unspecified atom stereocenters. The molecule has 7 nitrogen and oxygen atoms in total. The predicted molar refractivity (Wildman–Crippen MR) is 111 cm³/mol. The molecule has 1 heterocycles. The van der Waals surface area contributed by atoms with Crippen molar-refractivity contribution in [1.29, 1.82) is 0 Å². The van der Waals surface area contributed by atoms with E-state index < -0.39 is 29.0 Å². The third-order valence-electron chi connectivity index (χ3n) is 4.47. The molecule has 0 aliphatic carbocycles. The van der Waals surface area contributed by atoms with Crippen LogP contribution in [0.5, 0.6) is 5.75 Å². The van der Waals surface area contributed by atoms with E-state index in [1.807, 2.05) is 0 Å². The van der Waals surface area contributed by atoms with Crippen LogP contribution in [-0.2, 0) is 17.5 Å².